The van der Waals surface area contributed by atoms with Crippen LogP contribution in [0.5, 0.6) is 0 Å². The summed E-state index contributed by atoms with van der Waals surface area (Å²) in [5, 5.41) is 2.52. The standard InChI is InChI=1S/C53H38N2/c1-53(2)47-24-14-23-44(51(47)46-32-40-21-12-13-22-41(40)33-48(46)53)50-34-49(54-52(55-50)39-19-10-5-11-20-39)38-27-25-37(26-28-38)45-31-42(35-15-6-3-7-16-35)29-30-43(45)36-17-8-4-9-18-36/h3-34H,1-2H3. The average molecular weight is 703 g/mol. The first kappa shape index (κ1) is 32.7. The Kier molecular flexibility index (Phi) is 7.85. The van der Waals surface area contributed by atoms with Gasteiger partial charge in [0, 0.05) is 22.1 Å². The molecule has 0 radical (unpaired) electrons. The molecular formula is C53H38N2. The first-order valence-electron chi connectivity index (χ1n) is 19.0. The molecule has 0 saturated carbocycles. The Morgan fingerprint density at radius 2 is 0.891 bits per heavy atom. The van der Waals surface area contributed by atoms with E-state index in [4.69, 9.17) is 9.97 Å². The van der Waals surface area contributed by atoms with Gasteiger partial charge >= 0.3 is 0 Å². The zero-order valence-electron chi connectivity index (χ0n) is 30.9. The quantitative estimate of drug-likeness (QED) is 0.172. The fourth-order valence-corrected chi connectivity index (χ4v) is 8.42. The van der Waals surface area contributed by atoms with E-state index < -0.39 is 0 Å². The van der Waals surface area contributed by atoms with E-state index in [1.165, 1.54) is 60.8 Å². The minimum absolute atomic E-state index is 0.144. The number of aromatic nitrogens is 2. The second-order valence-electron chi connectivity index (χ2n) is 15.0. The SMILES string of the molecule is CC1(C)c2cc3ccccc3cc2-c2c(-c3cc(-c4ccc(-c5cc(-c6ccccc6)ccc5-c5ccccc5)cc4)nc(-c4ccccc4)n3)cccc21. The molecule has 0 unspecified atom stereocenters. The van der Waals surface area contributed by atoms with Gasteiger partial charge in [0.25, 0.3) is 0 Å². The van der Waals surface area contributed by atoms with Crippen LogP contribution in [0.1, 0.15) is 25.0 Å². The van der Waals surface area contributed by atoms with Gasteiger partial charge in [0.1, 0.15) is 0 Å². The first-order chi connectivity index (χ1) is 27.0. The smallest absolute Gasteiger partial charge is 0.160 e. The molecule has 55 heavy (non-hydrogen) atoms. The number of benzene rings is 8. The van der Waals surface area contributed by atoms with Crippen LogP contribution < -0.4 is 0 Å². The zero-order valence-corrected chi connectivity index (χ0v) is 30.9. The summed E-state index contributed by atoms with van der Waals surface area (Å²) in [6.07, 6.45) is 0. The maximum atomic E-state index is 5.30. The zero-order chi connectivity index (χ0) is 36.9. The molecule has 0 fully saturated rings. The maximum Gasteiger partial charge on any atom is 0.160 e. The van der Waals surface area contributed by atoms with Crippen molar-refractivity contribution in [3.8, 4) is 78.4 Å². The number of hydrogen-bond donors (Lipinski definition) is 0. The van der Waals surface area contributed by atoms with Crippen LogP contribution >= 0.6 is 0 Å². The average Bonchev–Trinajstić information content (AvgIpc) is 3.48. The summed E-state index contributed by atoms with van der Waals surface area (Å²) in [7, 11) is 0. The van der Waals surface area contributed by atoms with E-state index in [0.29, 0.717) is 5.82 Å². The lowest BCUT2D eigenvalue weighted by atomic mass is 9.81. The van der Waals surface area contributed by atoms with Gasteiger partial charge in [-0.15, -0.1) is 0 Å². The second-order valence-corrected chi connectivity index (χ2v) is 15.0. The maximum absolute atomic E-state index is 5.30. The van der Waals surface area contributed by atoms with Crippen molar-refractivity contribution in [3.63, 3.8) is 0 Å². The van der Waals surface area contributed by atoms with Crippen LogP contribution in [0.4, 0.5) is 0 Å². The van der Waals surface area contributed by atoms with E-state index in [0.717, 1.165) is 33.6 Å². The molecule has 260 valence electrons. The van der Waals surface area contributed by atoms with Crippen molar-refractivity contribution in [1.82, 2.24) is 9.97 Å². The number of hydrogen-bond acceptors (Lipinski definition) is 2. The Balaban J connectivity index is 1.12. The molecule has 0 saturated heterocycles. The van der Waals surface area contributed by atoms with Gasteiger partial charge in [0.05, 0.1) is 11.4 Å². The first-order valence-corrected chi connectivity index (χ1v) is 19.0. The molecule has 1 heterocycles. The van der Waals surface area contributed by atoms with Crippen molar-refractivity contribution in [2.24, 2.45) is 0 Å². The van der Waals surface area contributed by atoms with Crippen LogP contribution in [0.3, 0.4) is 0 Å². The van der Waals surface area contributed by atoms with E-state index in [-0.39, 0.29) is 5.41 Å². The molecule has 0 N–H and O–H groups in total. The Morgan fingerprint density at radius 1 is 0.327 bits per heavy atom. The Morgan fingerprint density at radius 3 is 1.60 bits per heavy atom. The van der Waals surface area contributed by atoms with Crippen molar-refractivity contribution in [2.45, 2.75) is 19.3 Å². The Bertz CT molecular complexity index is 2860. The molecule has 0 bridgehead atoms. The lowest BCUT2D eigenvalue weighted by Gasteiger charge is -2.22. The molecule has 10 rings (SSSR count). The van der Waals surface area contributed by atoms with Gasteiger partial charge in [0.15, 0.2) is 5.82 Å². The summed E-state index contributed by atoms with van der Waals surface area (Å²) in [6.45, 7) is 4.69. The predicted molar refractivity (Wildman–Crippen MR) is 230 cm³/mol. The van der Waals surface area contributed by atoms with E-state index >= 15 is 0 Å². The molecular weight excluding hydrogens is 665 g/mol. The highest BCUT2D eigenvalue weighted by molar-refractivity contribution is 5.98. The molecule has 2 nitrogen and oxygen atoms in total. The summed E-state index contributed by atoms with van der Waals surface area (Å²) in [5.74, 6) is 0.715. The summed E-state index contributed by atoms with van der Waals surface area (Å²) in [6, 6.07) is 69.6. The Labute approximate surface area is 322 Å². The third-order valence-corrected chi connectivity index (χ3v) is 11.3. The molecule has 8 aromatic carbocycles. The van der Waals surface area contributed by atoms with Gasteiger partial charge in [-0.05, 0) is 90.7 Å². The van der Waals surface area contributed by atoms with Crippen LogP contribution in [-0.4, -0.2) is 9.97 Å². The molecule has 2 heteroatoms. The van der Waals surface area contributed by atoms with Crippen molar-refractivity contribution in [1.29, 1.82) is 0 Å². The van der Waals surface area contributed by atoms with Gasteiger partial charge in [-0.3, -0.25) is 0 Å². The normalized spacial score (nSPS) is 12.7. The third kappa shape index (κ3) is 5.75. The minimum atomic E-state index is -0.144. The highest BCUT2D eigenvalue weighted by Crippen LogP contribution is 2.53. The highest BCUT2D eigenvalue weighted by Gasteiger charge is 2.37. The molecule has 1 aromatic heterocycles. The molecule has 9 aromatic rings. The number of fused-ring (bicyclic) bond motifs is 4. The van der Waals surface area contributed by atoms with E-state index in [9.17, 15) is 0 Å². The van der Waals surface area contributed by atoms with Crippen LogP contribution in [0, 0.1) is 0 Å². The highest BCUT2D eigenvalue weighted by atomic mass is 14.9. The van der Waals surface area contributed by atoms with E-state index in [1.54, 1.807) is 0 Å². The van der Waals surface area contributed by atoms with E-state index in [1.807, 2.05) is 6.07 Å². The second kappa shape index (κ2) is 13.2. The predicted octanol–water partition coefficient (Wildman–Crippen LogP) is 13.9. The fraction of sp³-hybridized carbons (Fsp3) is 0.0566. The van der Waals surface area contributed by atoms with Crippen molar-refractivity contribution in [3.05, 3.63) is 205 Å². The minimum Gasteiger partial charge on any atom is -0.228 e. The van der Waals surface area contributed by atoms with E-state index in [2.05, 4.69) is 202 Å². The van der Waals surface area contributed by atoms with Crippen molar-refractivity contribution in [2.75, 3.05) is 0 Å². The van der Waals surface area contributed by atoms with Gasteiger partial charge in [-0.1, -0.05) is 184 Å². The molecule has 1 aliphatic carbocycles. The number of nitrogens with zero attached hydrogens (tertiary/aromatic N) is 2. The molecule has 0 spiro atoms. The summed E-state index contributed by atoms with van der Waals surface area (Å²) >= 11 is 0. The van der Waals surface area contributed by atoms with Crippen LogP contribution in [0.25, 0.3) is 89.2 Å². The van der Waals surface area contributed by atoms with Crippen LogP contribution in [-0.2, 0) is 5.41 Å². The van der Waals surface area contributed by atoms with Gasteiger partial charge < -0.3 is 0 Å². The van der Waals surface area contributed by atoms with Crippen LogP contribution in [0.2, 0.25) is 0 Å². The number of rotatable bonds is 6. The van der Waals surface area contributed by atoms with Crippen molar-refractivity contribution >= 4 is 10.8 Å². The fourth-order valence-electron chi connectivity index (χ4n) is 8.42. The Hall–Kier alpha value is -6.90. The summed E-state index contributed by atoms with van der Waals surface area (Å²) < 4.78 is 0. The third-order valence-electron chi connectivity index (χ3n) is 11.3. The topological polar surface area (TPSA) is 25.8 Å². The largest absolute Gasteiger partial charge is 0.228 e. The summed E-state index contributed by atoms with van der Waals surface area (Å²) in [4.78, 5) is 10.5. The lowest BCUT2D eigenvalue weighted by Crippen LogP contribution is -2.14. The van der Waals surface area contributed by atoms with Gasteiger partial charge in [-0.25, -0.2) is 9.97 Å². The van der Waals surface area contributed by atoms with Gasteiger partial charge in [-0.2, -0.15) is 0 Å². The van der Waals surface area contributed by atoms with Crippen molar-refractivity contribution < 1.29 is 0 Å². The molecule has 0 atom stereocenters. The molecule has 1 aliphatic rings. The van der Waals surface area contributed by atoms with Gasteiger partial charge in [0.2, 0.25) is 0 Å². The monoisotopic (exact) mass is 702 g/mol. The van der Waals surface area contributed by atoms with Crippen LogP contribution in [0.15, 0.2) is 194 Å². The molecule has 0 aliphatic heterocycles. The lowest BCUT2D eigenvalue weighted by molar-refractivity contribution is 0.661. The molecule has 0 amide bonds. The summed E-state index contributed by atoms with van der Waals surface area (Å²) in [5.41, 5.74) is 17.2.